The minimum absolute atomic E-state index is 0.0322. The molecular weight excluding hydrogens is 534 g/mol. The number of nitro benzene ring substituents is 1. The van der Waals surface area contributed by atoms with Crippen molar-refractivity contribution in [2.45, 2.75) is 98.0 Å². The molecule has 0 saturated heterocycles. The smallest absolute Gasteiger partial charge is 0.338 e. The van der Waals surface area contributed by atoms with Crippen molar-refractivity contribution in [2.75, 3.05) is 7.11 Å². The van der Waals surface area contributed by atoms with E-state index in [4.69, 9.17) is 9.47 Å². The predicted molar refractivity (Wildman–Crippen MR) is 157 cm³/mol. The van der Waals surface area contributed by atoms with Gasteiger partial charge in [0.2, 0.25) is 0 Å². The summed E-state index contributed by atoms with van der Waals surface area (Å²) in [5.41, 5.74) is 0.398. The number of rotatable bonds is 8. The number of benzene rings is 1. The maximum atomic E-state index is 14.4. The molecule has 0 bridgehead atoms. The molecule has 0 amide bonds. The Kier molecular flexibility index (Phi) is 8.56. The van der Waals surface area contributed by atoms with Crippen LogP contribution in [0.3, 0.4) is 0 Å². The summed E-state index contributed by atoms with van der Waals surface area (Å²) in [4.78, 5) is 49.7. The average molecular weight is 582 g/mol. The summed E-state index contributed by atoms with van der Waals surface area (Å²) in [6.07, 6.45) is 8.61. The number of hydrogen-bond donors (Lipinski definition) is 0. The number of Topliss-reactive ketones (excluding diaryl/α,β-unsaturated/α-hetero) is 1. The minimum Gasteiger partial charge on any atom is -0.469 e. The quantitative estimate of drug-likeness (QED) is 0.181. The van der Waals surface area contributed by atoms with Crippen LogP contribution in [0.1, 0.15) is 102 Å². The van der Waals surface area contributed by atoms with Crippen LogP contribution >= 0.6 is 0 Å². The van der Waals surface area contributed by atoms with E-state index in [0.29, 0.717) is 47.9 Å². The molecule has 0 radical (unpaired) electrons. The molecule has 1 aromatic carbocycles. The van der Waals surface area contributed by atoms with Crippen molar-refractivity contribution in [3.8, 4) is 0 Å². The number of non-ortho nitro benzene ring substituents is 1. The standard InChI is InChI=1S/C34H47NO7/c1-6-24-28-19-23(42-32(38)21-8-10-22(11-9-21)35(39)40)15-17-34(28,4)27-16-18-33(3)25(20(2)7-14-29(36)41-5)12-13-26(33)30(27)31(24)37/h8-11,20,23-28,30H,6-7,12-19H2,1-5H3/t20-,23-,24-,25-,26-,27?,28+,30?,33-,34-/m1/s1. The molecule has 5 rings (SSSR count). The monoisotopic (exact) mass is 581 g/mol. The molecule has 0 aromatic heterocycles. The molecule has 0 aliphatic heterocycles. The summed E-state index contributed by atoms with van der Waals surface area (Å²) < 4.78 is 10.9. The highest BCUT2D eigenvalue weighted by Crippen LogP contribution is 2.68. The molecule has 4 aliphatic carbocycles. The van der Waals surface area contributed by atoms with Crippen LogP contribution < -0.4 is 0 Å². The highest BCUT2D eigenvalue weighted by molar-refractivity contribution is 5.90. The molecule has 8 heteroatoms. The maximum absolute atomic E-state index is 14.4. The molecule has 1 aromatic rings. The summed E-state index contributed by atoms with van der Waals surface area (Å²) in [6.45, 7) is 9.25. The van der Waals surface area contributed by atoms with Gasteiger partial charge in [0.05, 0.1) is 17.6 Å². The van der Waals surface area contributed by atoms with E-state index in [9.17, 15) is 24.5 Å². The van der Waals surface area contributed by atoms with Crippen molar-refractivity contribution in [3.63, 3.8) is 0 Å². The van der Waals surface area contributed by atoms with E-state index in [1.54, 1.807) is 0 Å². The Bertz CT molecular complexity index is 1210. The summed E-state index contributed by atoms with van der Waals surface area (Å²) in [6, 6.07) is 5.54. The number of nitrogens with zero attached hydrogens (tertiary/aromatic N) is 1. The van der Waals surface area contributed by atoms with Gasteiger partial charge >= 0.3 is 11.9 Å². The number of nitro groups is 1. The van der Waals surface area contributed by atoms with E-state index in [2.05, 4.69) is 27.7 Å². The zero-order chi connectivity index (χ0) is 30.4. The van der Waals surface area contributed by atoms with Gasteiger partial charge in [0.25, 0.3) is 5.69 Å². The van der Waals surface area contributed by atoms with Crippen LogP contribution in [-0.2, 0) is 19.1 Å². The van der Waals surface area contributed by atoms with Gasteiger partial charge in [-0.05, 0) is 110 Å². The van der Waals surface area contributed by atoms with Gasteiger partial charge in [0, 0.05) is 30.4 Å². The van der Waals surface area contributed by atoms with Gasteiger partial charge in [-0.3, -0.25) is 19.7 Å². The summed E-state index contributed by atoms with van der Waals surface area (Å²) in [5.74, 6) is 1.74. The van der Waals surface area contributed by atoms with Gasteiger partial charge in [-0.25, -0.2) is 4.79 Å². The number of methoxy groups -OCH3 is 1. The Morgan fingerprint density at radius 3 is 2.33 bits per heavy atom. The second kappa shape index (κ2) is 11.7. The molecule has 0 spiro atoms. The lowest BCUT2D eigenvalue weighted by atomic mass is 9.42. The van der Waals surface area contributed by atoms with Gasteiger partial charge < -0.3 is 9.47 Å². The third-order valence-corrected chi connectivity index (χ3v) is 12.5. The van der Waals surface area contributed by atoms with E-state index >= 15 is 0 Å². The van der Waals surface area contributed by atoms with E-state index in [0.717, 1.165) is 51.4 Å². The zero-order valence-corrected chi connectivity index (χ0v) is 25.8. The van der Waals surface area contributed by atoms with E-state index in [1.807, 2.05) is 0 Å². The lowest BCUT2D eigenvalue weighted by Crippen LogP contribution is -2.60. The van der Waals surface area contributed by atoms with Crippen molar-refractivity contribution in [1.29, 1.82) is 0 Å². The van der Waals surface area contributed by atoms with Crippen LogP contribution in [-0.4, -0.2) is 35.9 Å². The fourth-order valence-corrected chi connectivity index (χ4v) is 10.3. The van der Waals surface area contributed by atoms with E-state index in [-0.39, 0.29) is 46.3 Å². The van der Waals surface area contributed by atoms with Crippen LogP contribution in [0.15, 0.2) is 24.3 Å². The first kappa shape index (κ1) is 30.7. The van der Waals surface area contributed by atoms with Crippen molar-refractivity contribution < 1.29 is 28.8 Å². The zero-order valence-electron chi connectivity index (χ0n) is 25.8. The molecule has 0 N–H and O–H groups in total. The molecule has 4 fully saturated rings. The first-order valence-electron chi connectivity index (χ1n) is 16.0. The number of hydrogen-bond acceptors (Lipinski definition) is 7. The van der Waals surface area contributed by atoms with E-state index < -0.39 is 10.9 Å². The van der Waals surface area contributed by atoms with Crippen LogP contribution in [0.5, 0.6) is 0 Å². The molecule has 10 atom stereocenters. The molecule has 8 nitrogen and oxygen atoms in total. The van der Waals surface area contributed by atoms with Crippen molar-refractivity contribution in [2.24, 2.45) is 52.3 Å². The predicted octanol–water partition coefficient (Wildman–Crippen LogP) is 7.18. The minimum atomic E-state index is -0.485. The maximum Gasteiger partial charge on any atom is 0.338 e. The number of fused-ring (bicyclic) bond motifs is 5. The Morgan fingerprint density at radius 1 is 1.02 bits per heavy atom. The van der Waals surface area contributed by atoms with Gasteiger partial charge in [-0.2, -0.15) is 0 Å². The Labute approximate surface area is 249 Å². The Hall–Kier alpha value is -2.77. The van der Waals surface area contributed by atoms with Gasteiger partial charge in [0.15, 0.2) is 0 Å². The number of ketones is 1. The molecule has 230 valence electrons. The number of carbonyl (C=O) groups is 3. The lowest BCUT2D eigenvalue weighted by molar-refractivity contribution is -0.384. The highest BCUT2D eigenvalue weighted by atomic mass is 16.6. The number of esters is 2. The third kappa shape index (κ3) is 5.17. The van der Waals surface area contributed by atoms with Crippen LogP contribution in [0.2, 0.25) is 0 Å². The van der Waals surface area contributed by atoms with Gasteiger partial charge in [0.1, 0.15) is 11.9 Å². The molecular formula is C34H47NO7. The third-order valence-electron chi connectivity index (χ3n) is 12.5. The molecule has 42 heavy (non-hydrogen) atoms. The SMILES string of the molecule is CC[C@H]1C(=O)C2C(CC[C@@]3(C)[C@@H]2CC[C@@H]3[C@H](C)CCC(=O)OC)[C@@]2(C)CC[C@@H](OC(=O)c3ccc([N+](=O)[O-])cc3)C[C@@H]12. The van der Waals surface area contributed by atoms with Crippen molar-refractivity contribution in [3.05, 3.63) is 39.9 Å². The molecule has 4 aliphatic rings. The fourth-order valence-electron chi connectivity index (χ4n) is 10.3. The number of carbonyl (C=O) groups excluding carboxylic acids is 3. The average Bonchev–Trinajstić information content (AvgIpc) is 3.33. The fraction of sp³-hybridized carbons (Fsp3) is 0.735. The van der Waals surface area contributed by atoms with Crippen LogP contribution in [0.25, 0.3) is 0 Å². The largest absolute Gasteiger partial charge is 0.469 e. The summed E-state index contributed by atoms with van der Waals surface area (Å²) in [5, 5.41) is 11.0. The van der Waals surface area contributed by atoms with Crippen molar-refractivity contribution >= 4 is 23.4 Å². The van der Waals surface area contributed by atoms with Gasteiger partial charge in [-0.15, -0.1) is 0 Å². The molecule has 0 heterocycles. The normalized spacial score (nSPS) is 38.0. The molecule has 2 unspecified atom stereocenters. The second-order valence-electron chi connectivity index (χ2n) is 14.2. The topological polar surface area (TPSA) is 113 Å². The lowest BCUT2D eigenvalue weighted by Gasteiger charge is -2.62. The number of ether oxygens (including phenoxy) is 2. The Morgan fingerprint density at radius 2 is 1.69 bits per heavy atom. The first-order valence-corrected chi connectivity index (χ1v) is 16.0. The van der Waals surface area contributed by atoms with Crippen LogP contribution in [0.4, 0.5) is 5.69 Å². The molecule has 4 saturated carbocycles. The van der Waals surface area contributed by atoms with Crippen molar-refractivity contribution in [1.82, 2.24) is 0 Å². The second-order valence-corrected chi connectivity index (χ2v) is 14.2. The summed E-state index contributed by atoms with van der Waals surface area (Å²) in [7, 11) is 1.45. The van der Waals surface area contributed by atoms with E-state index in [1.165, 1.54) is 31.4 Å². The van der Waals surface area contributed by atoms with Crippen LogP contribution in [0, 0.1) is 62.4 Å². The highest BCUT2D eigenvalue weighted by Gasteiger charge is 2.65. The van der Waals surface area contributed by atoms with Gasteiger partial charge in [-0.1, -0.05) is 27.7 Å². The first-order chi connectivity index (χ1) is 19.9. The summed E-state index contributed by atoms with van der Waals surface area (Å²) >= 11 is 0. The Balaban J connectivity index is 1.31.